The van der Waals surface area contributed by atoms with Crippen LogP contribution in [-0.2, 0) is 4.74 Å². The summed E-state index contributed by atoms with van der Waals surface area (Å²) in [6.07, 6.45) is 5.52. The molecule has 0 spiro atoms. The summed E-state index contributed by atoms with van der Waals surface area (Å²) in [5, 5.41) is 2.99. The van der Waals surface area contributed by atoms with Crippen molar-refractivity contribution in [2.24, 2.45) is 0 Å². The molecule has 0 atom stereocenters. The molecule has 0 unspecified atom stereocenters. The van der Waals surface area contributed by atoms with Crippen molar-refractivity contribution in [3.8, 4) is 5.69 Å². The second-order valence-electron chi connectivity index (χ2n) is 8.19. The van der Waals surface area contributed by atoms with Gasteiger partial charge >= 0.3 is 5.97 Å². The molecular formula is C26H29N5O3. The minimum absolute atomic E-state index is 0.250. The van der Waals surface area contributed by atoms with Crippen LogP contribution in [0.2, 0.25) is 0 Å². The minimum Gasteiger partial charge on any atom is -0.465 e. The van der Waals surface area contributed by atoms with Gasteiger partial charge in [0.1, 0.15) is 16.9 Å². The highest BCUT2D eigenvalue weighted by Crippen LogP contribution is 2.31. The van der Waals surface area contributed by atoms with Crippen LogP contribution in [0.4, 0.5) is 5.82 Å². The maximum atomic E-state index is 13.2. The lowest BCUT2D eigenvalue weighted by molar-refractivity contribution is 0.0600. The average Bonchev–Trinajstić information content (AvgIpc) is 3.14. The predicted octanol–water partition coefficient (Wildman–Crippen LogP) is 4.64. The van der Waals surface area contributed by atoms with Crippen LogP contribution in [0.3, 0.4) is 0 Å². The summed E-state index contributed by atoms with van der Waals surface area (Å²) in [4.78, 5) is 34.5. The van der Waals surface area contributed by atoms with Crippen LogP contribution in [0.1, 0.15) is 59.7 Å². The Kier molecular flexibility index (Phi) is 7.06. The largest absolute Gasteiger partial charge is 0.465 e. The number of nitrogens with one attached hydrogen (secondary N) is 1. The molecule has 34 heavy (non-hydrogen) atoms. The molecule has 0 radical (unpaired) electrons. The Balaban J connectivity index is 1.75. The predicted molar refractivity (Wildman–Crippen MR) is 133 cm³/mol. The number of nitrogens with zero attached hydrogens (tertiary/aromatic N) is 3. The lowest BCUT2D eigenvalue weighted by Crippen LogP contribution is -2.25. The van der Waals surface area contributed by atoms with Crippen molar-refractivity contribution < 1.29 is 14.3 Å². The van der Waals surface area contributed by atoms with E-state index in [1.807, 2.05) is 24.3 Å². The summed E-state index contributed by atoms with van der Waals surface area (Å²) < 4.78 is 6.48. The Labute approximate surface area is 198 Å². The monoisotopic (exact) mass is 459 g/mol. The van der Waals surface area contributed by atoms with Gasteiger partial charge in [-0.3, -0.25) is 9.36 Å². The van der Waals surface area contributed by atoms with E-state index in [2.05, 4.69) is 12.2 Å². The van der Waals surface area contributed by atoms with Crippen molar-refractivity contribution in [3.63, 3.8) is 0 Å². The topological polar surface area (TPSA) is 112 Å². The van der Waals surface area contributed by atoms with Crippen LogP contribution >= 0.6 is 0 Å². The first kappa shape index (κ1) is 23.2. The van der Waals surface area contributed by atoms with E-state index in [1.165, 1.54) is 20.0 Å². The number of nitrogen functional groups attached to an aromatic ring is 1. The number of hydrogen-bond acceptors (Lipinski definition) is 6. The summed E-state index contributed by atoms with van der Waals surface area (Å²) in [7, 11) is 1.34. The summed E-state index contributed by atoms with van der Waals surface area (Å²) in [6, 6.07) is 14.3. The van der Waals surface area contributed by atoms with Gasteiger partial charge < -0.3 is 15.8 Å². The molecule has 8 heteroatoms. The minimum atomic E-state index is -0.429. The number of para-hydroxylation sites is 2. The number of unbranched alkanes of at least 4 members (excludes halogenated alkanes) is 4. The zero-order valence-corrected chi connectivity index (χ0v) is 19.5. The van der Waals surface area contributed by atoms with Crippen LogP contribution in [-0.4, -0.2) is 40.1 Å². The molecule has 0 aliphatic rings. The molecule has 2 aromatic heterocycles. The smallest absolute Gasteiger partial charge is 0.337 e. The molecule has 0 aliphatic carbocycles. The fourth-order valence-corrected chi connectivity index (χ4v) is 4.03. The molecule has 0 saturated carbocycles. The Morgan fingerprint density at radius 3 is 2.32 bits per heavy atom. The number of carbonyl (C=O) groups is 2. The molecule has 176 valence electrons. The fourth-order valence-electron chi connectivity index (χ4n) is 4.03. The number of fused-ring (bicyclic) bond motifs is 2. The van der Waals surface area contributed by atoms with Crippen molar-refractivity contribution in [1.82, 2.24) is 19.9 Å². The number of methoxy groups -OCH3 is 1. The van der Waals surface area contributed by atoms with Crippen molar-refractivity contribution in [2.45, 2.75) is 39.0 Å². The number of anilines is 1. The maximum absolute atomic E-state index is 13.2. The summed E-state index contributed by atoms with van der Waals surface area (Å²) in [5.41, 5.74) is 10.2. The van der Waals surface area contributed by atoms with Gasteiger partial charge in [-0.2, -0.15) is 0 Å². The molecule has 8 nitrogen and oxygen atoms in total. The van der Waals surface area contributed by atoms with E-state index in [9.17, 15) is 9.59 Å². The van der Waals surface area contributed by atoms with E-state index in [-0.39, 0.29) is 11.7 Å². The molecule has 2 aromatic carbocycles. The summed E-state index contributed by atoms with van der Waals surface area (Å²) in [5.74, 6) is -0.450. The van der Waals surface area contributed by atoms with E-state index >= 15 is 0 Å². The van der Waals surface area contributed by atoms with Crippen LogP contribution in [0, 0.1) is 0 Å². The number of amides is 1. The lowest BCUT2D eigenvalue weighted by atomic mass is 10.1. The van der Waals surface area contributed by atoms with E-state index < -0.39 is 5.97 Å². The maximum Gasteiger partial charge on any atom is 0.337 e. The first-order chi connectivity index (χ1) is 16.5. The first-order valence-electron chi connectivity index (χ1n) is 11.6. The van der Waals surface area contributed by atoms with Gasteiger partial charge in [0.2, 0.25) is 0 Å². The van der Waals surface area contributed by atoms with Gasteiger partial charge in [-0.05, 0) is 42.8 Å². The van der Waals surface area contributed by atoms with Crippen LogP contribution < -0.4 is 11.1 Å². The second kappa shape index (κ2) is 10.3. The Morgan fingerprint density at radius 2 is 1.65 bits per heavy atom. The van der Waals surface area contributed by atoms with Crippen molar-refractivity contribution >= 4 is 39.9 Å². The summed E-state index contributed by atoms with van der Waals surface area (Å²) in [6.45, 7) is 2.75. The molecule has 0 fully saturated rings. The van der Waals surface area contributed by atoms with Crippen molar-refractivity contribution in [1.29, 1.82) is 0 Å². The van der Waals surface area contributed by atoms with E-state index in [4.69, 9.17) is 20.4 Å². The van der Waals surface area contributed by atoms with Gasteiger partial charge in [-0.1, -0.05) is 44.7 Å². The highest BCUT2D eigenvalue weighted by Gasteiger charge is 2.24. The number of ether oxygens (including phenoxy) is 1. The van der Waals surface area contributed by atoms with Gasteiger partial charge in [-0.15, -0.1) is 0 Å². The van der Waals surface area contributed by atoms with Crippen molar-refractivity contribution in [3.05, 3.63) is 59.7 Å². The Hall–Kier alpha value is -3.94. The quantitative estimate of drug-likeness (QED) is 0.278. The molecule has 4 aromatic rings. The Morgan fingerprint density at radius 1 is 0.971 bits per heavy atom. The highest BCUT2D eigenvalue weighted by molar-refractivity contribution is 6.11. The van der Waals surface area contributed by atoms with Gasteiger partial charge in [0.25, 0.3) is 5.91 Å². The molecule has 0 bridgehead atoms. The zero-order chi connectivity index (χ0) is 24.1. The number of rotatable bonds is 9. The van der Waals surface area contributed by atoms with Crippen molar-refractivity contribution in [2.75, 3.05) is 19.4 Å². The third kappa shape index (κ3) is 4.57. The van der Waals surface area contributed by atoms with E-state index in [0.717, 1.165) is 19.3 Å². The number of hydrogen-bond donors (Lipinski definition) is 2. The molecule has 0 saturated heterocycles. The number of benzene rings is 2. The highest BCUT2D eigenvalue weighted by atomic mass is 16.5. The van der Waals surface area contributed by atoms with Gasteiger partial charge in [0, 0.05) is 12.2 Å². The lowest BCUT2D eigenvalue weighted by Gasteiger charge is -2.09. The van der Waals surface area contributed by atoms with Crippen LogP contribution in [0.5, 0.6) is 0 Å². The third-order valence-electron chi connectivity index (χ3n) is 5.84. The van der Waals surface area contributed by atoms with E-state index in [0.29, 0.717) is 45.6 Å². The molecule has 0 aliphatic heterocycles. The third-order valence-corrected chi connectivity index (χ3v) is 5.84. The molecule has 2 heterocycles. The number of aromatic nitrogens is 3. The molecule has 1 amide bonds. The van der Waals surface area contributed by atoms with Gasteiger partial charge in [0.05, 0.1) is 23.7 Å². The van der Waals surface area contributed by atoms with Gasteiger partial charge in [-0.25, -0.2) is 14.8 Å². The Bertz CT molecular complexity index is 1330. The molecule has 4 rings (SSSR count). The number of carbonyl (C=O) groups excluding carboxylic acids is 2. The average molecular weight is 460 g/mol. The van der Waals surface area contributed by atoms with Gasteiger partial charge in [0.15, 0.2) is 5.65 Å². The van der Waals surface area contributed by atoms with Crippen LogP contribution in [0.15, 0.2) is 48.5 Å². The fraction of sp³-hybridized carbons (Fsp3) is 0.308. The first-order valence-corrected chi connectivity index (χ1v) is 11.6. The SMILES string of the molecule is CCCCCCCNC(=O)c1c(N)n(-c2ccc(C(=O)OC)cc2)c2nc3ccccc3nc12. The normalized spacial score (nSPS) is 11.1. The standard InChI is InChI=1S/C26H29N5O3/c1-3-4-5-6-9-16-28-25(32)21-22-24(30-20-11-8-7-10-19(20)29-22)31(23(21)27)18-14-12-17(13-15-18)26(33)34-2/h7-8,10-15H,3-6,9,16,27H2,1-2H3,(H,28,32). The molecular weight excluding hydrogens is 430 g/mol. The number of esters is 1. The number of nitrogens with two attached hydrogens (primary N) is 1. The van der Waals surface area contributed by atoms with Crippen LogP contribution in [0.25, 0.3) is 27.9 Å². The second-order valence-corrected chi connectivity index (χ2v) is 8.19. The summed E-state index contributed by atoms with van der Waals surface area (Å²) >= 11 is 0. The molecule has 3 N–H and O–H groups in total. The van der Waals surface area contributed by atoms with E-state index in [1.54, 1.807) is 28.8 Å². The zero-order valence-electron chi connectivity index (χ0n) is 19.5.